The fraction of sp³-hybridized carbons (Fsp3) is 0.321. The average molecular weight is 567 g/mol. The molecule has 0 saturated heterocycles. The van der Waals surface area contributed by atoms with Crippen LogP contribution in [0, 0.1) is 0 Å². The van der Waals surface area contributed by atoms with Gasteiger partial charge in [0.1, 0.15) is 23.9 Å². The molecule has 13 nitrogen and oxygen atoms in total. The van der Waals surface area contributed by atoms with Gasteiger partial charge in [0.25, 0.3) is 0 Å². The number of nitrogens with two attached hydrogens (primary N) is 1. The number of aromatic nitrogens is 2. The molecular formula is C28H34N6O7. The maximum absolute atomic E-state index is 13.4. The zero-order chi connectivity index (χ0) is 29.9. The Morgan fingerprint density at radius 3 is 2.05 bits per heavy atom. The van der Waals surface area contributed by atoms with Crippen molar-refractivity contribution in [1.29, 1.82) is 0 Å². The number of aliphatic hydroxyl groups is 1. The van der Waals surface area contributed by atoms with Crippen molar-refractivity contribution in [2.75, 3.05) is 0 Å². The number of phenols is 1. The van der Waals surface area contributed by atoms with Crippen molar-refractivity contribution in [2.24, 2.45) is 5.73 Å². The van der Waals surface area contributed by atoms with Crippen molar-refractivity contribution < 1.29 is 34.5 Å². The number of imidazole rings is 1. The zero-order valence-electron chi connectivity index (χ0n) is 22.4. The highest BCUT2D eigenvalue weighted by atomic mass is 16.4. The number of H-pyrrole nitrogens is 1. The molecule has 3 aromatic rings. The van der Waals surface area contributed by atoms with E-state index in [1.807, 2.05) is 0 Å². The van der Waals surface area contributed by atoms with Crippen LogP contribution in [0.4, 0.5) is 0 Å². The van der Waals surface area contributed by atoms with Crippen molar-refractivity contribution in [1.82, 2.24) is 25.9 Å². The van der Waals surface area contributed by atoms with E-state index in [1.165, 1.54) is 43.7 Å². The molecular weight excluding hydrogens is 532 g/mol. The number of nitrogens with zero attached hydrogens (tertiary/aromatic N) is 1. The van der Waals surface area contributed by atoms with Crippen molar-refractivity contribution >= 4 is 23.7 Å². The molecule has 3 amide bonds. The third-order valence-corrected chi connectivity index (χ3v) is 6.30. The van der Waals surface area contributed by atoms with Crippen molar-refractivity contribution in [3.63, 3.8) is 0 Å². The third kappa shape index (κ3) is 9.44. The van der Waals surface area contributed by atoms with Crippen LogP contribution >= 0.6 is 0 Å². The number of nitrogens with one attached hydrogen (secondary N) is 4. The van der Waals surface area contributed by atoms with Gasteiger partial charge in [-0.25, -0.2) is 9.78 Å². The topological polar surface area (TPSA) is 220 Å². The van der Waals surface area contributed by atoms with E-state index in [9.17, 15) is 34.5 Å². The first-order chi connectivity index (χ1) is 19.5. The van der Waals surface area contributed by atoms with Gasteiger partial charge < -0.3 is 42.0 Å². The molecule has 9 N–H and O–H groups in total. The lowest BCUT2D eigenvalue weighted by Crippen LogP contribution is -2.60. The molecule has 13 heteroatoms. The summed E-state index contributed by atoms with van der Waals surface area (Å²) >= 11 is 0. The predicted octanol–water partition coefficient (Wildman–Crippen LogP) is -0.610. The fourth-order valence-electron chi connectivity index (χ4n) is 4.05. The van der Waals surface area contributed by atoms with Gasteiger partial charge in [0, 0.05) is 31.2 Å². The molecule has 0 aliphatic rings. The standard InChI is InChI=1S/C28H34N6O7/c1-16(35)24(27(39)33-23(28(40)41)12-18-7-9-20(36)10-8-18)34-26(38)22(11-17-5-3-2-4-6-17)32-25(37)21(29)13-19-14-30-15-31-19/h2-10,14-16,21-24,35-36H,11-13,29H2,1H3,(H,30,31)(H,32,37)(H,33,39)(H,34,38)(H,40,41). The second-order valence-electron chi connectivity index (χ2n) is 9.64. The molecule has 3 rings (SSSR count). The Bertz CT molecular complexity index is 1300. The van der Waals surface area contributed by atoms with Crippen molar-refractivity contribution in [3.05, 3.63) is 83.9 Å². The molecule has 0 aliphatic carbocycles. The minimum Gasteiger partial charge on any atom is -0.508 e. The number of aromatic hydroxyl groups is 1. The Kier molecular flexibility index (Phi) is 11.0. The Morgan fingerprint density at radius 1 is 0.854 bits per heavy atom. The van der Waals surface area contributed by atoms with E-state index in [0.717, 1.165) is 0 Å². The van der Waals surface area contributed by atoms with Gasteiger partial charge in [-0.3, -0.25) is 14.4 Å². The molecule has 5 unspecified atom stereocenters. The van der Waals surface area contributed by atoms with E-state index in [2.05, 4.69) is 25.9 Å². The number of amides is 3. The van der Waals surface area contributed by atoms with E-state index in [0.29, 0.717) is 16.8 Å². The number of benzene rings is 2. The molecule has 0 bridgehead atoms. The first-order valence-electron chi connectivity index (χ1n) is 12.9. The monoisotopic (exact) mass is 566 g/mol. The number of rotatable bonds is 14. The van der Waals surface area contributed by atoms with E-state index in [-0.39, 0.29) is 25.0 Å². The number of hydrogen-bond donors (Lipinski definition) is 8. The highest BCUT2D eigenvalue weighted by molar-refractivity contribution is 5.94. The summed E-state index contributed by atoms with van der Waals surface area (Å²) in [4.78, 5) is 57.9. The largest absolute Gasteiger partial charge is 0.508 e. The van der Waals surface area contributed by atoms with Gasteiger partial charge in [0.05, 0.1) is 18.5 Å². The van der Waals surface area contributed by atoms with Gasteiger partial charge >= 0.3 is 5.97 Å². The van der Waals surface area contributed by atoms with Crippen LogP contribution in [0.5, 0.6) is 5.75 Å². The van der Waals surface area contributed by atoms with Gasteiger partial charge in [-0.2, -0.15) is 0 Å². The van der Waals surface area contributed by atoms with E-state index in [1.54, 1.807) is 30.3 Å². The molecule has 41 heavy (non-hydrogen) atoms. The number of aromatic amines is 1. The summed E-state index contributed by atoms with van der Waals surface area (Å²) in [5.74, 6) is -3.65. The number of phenolic OH excluding ortho intramolecular Hbond substituents is 1. The van der Waals surface area contributed by atoms with Crippen molar-refractivity contribution in [2.45, 2.75) is 56.5 Å². The molecule has 0 saturated carbocycles. The molecule has 1 aromatic heterocycles. The minimum atomic E-state index is -1.53. The summed E-state index contributed by atoms with van der Waals surface area (Å²) in [7, 11) is 0. The maximum Gasteiger partial charge on any atom is 0.326 e. The first-order valence-corrected chi connectivity index (χ1v) is 12.9. The molecule has 218 valence electrons. The number of carboxylic acid groups (broad SMARTS) is 1. The number of aliphatic carboxylic acids is 1. The van der Waals surface area contributed by atoms with Crippen LogP contribution in [0.15, 0.2) is 67.1 Å². The highest BCUT2D eigenvalue weighted by Crippen LogP contribution is 2.12. The van der Waals surface area contributed by atoms with Gasteiger partial charge in [0.15, 0.2) is 0 Å². The van der Waals surface area contributed by atoms with Crippen LogP contribution in [0.1, 0.15) is 23.7 Å². The Labute approximate surface area is 236 Å². The predicted molar refractivity (Wildman–Crippen MR) is 147 cm³/mol. The van der Waals surface area contributed by atoms with Crippen LogP contribution in [-0.2, 0) is 38.4 Å². The molecule has 0 aliphatic heterocycles. The molecule has 1 heterocycles. The summed E-state index contributed by atoms with van der Waals surface area (Å²) in [6.45, 7) is 1.27. The maximum atomic E-state index is 13.4. The van der Waals surface area contributed by atoms with Gasteiger partial charge in [-0.15, -0.1) is 0 Å². The zero-order valence-corrected chi connectivity index (χ0v) is 22.4. The van der Waals surface area contributed by atoms with E-state index >= 15 is 0 Å². The van der Waals surface area contributed by atoms with E-state index in [4.69, 9.17) is 5.73 Å². The SMILES string of the molecule is CC(O)C(NC(=O)C(Cc1ccccc1)NC(=O)C(N)Cc1cnc[nH]1)C(=O)NC(Cc1ccc(O)cc1)C(=O)O. The van der Waals surface area contributed by atoms with Crippen LogP contribution in [0.2, 0.25) is 0 Å². The number of carboxylic acids is 1. The summed E-state index contributed by atoms with van der Waals surface area (Å²) in [6.07, 6.45) is 1.66. The average Bonchev–Trinajstić information content (AvgIpc) is 3.45. The van der Waals surface area contributed by atoms with Gasteiger partial charge in [-0.05, 0) is 30.2 Å². The number of carbonyl (C=O) groups is 4. The van der Waals surface area contributed by atoms with Crippen LogP contribution in [-0.4, -0.2) is 79.2 Å². The second kappa shape index (κ2) is 14.6. The van der Waals surface area contributed by atoms with Crippen LogP contribution in [0.25, 0.3) is 0 Å². The summed E-state index contributed by atoms with van der Waals surface area (Å²) in [5.41, 5.74) is 7.91. The smallest absolute Gasteiger partial charge is 0.326 e. The van der Waals surface area contributed by atoms with Crippen LogP contribution < -0.4 is 21.7 Å². The summed E-state index contributed by atoms with van der Waals surface area (Å²) < 4.78 is 0. The molecule has 2 aromatic carbocycles. The molecule has 0 radical (unpaired) electrons. The fourth-order valence-corrected chi connectivity index (χ4v) is 4.05. The Morgan fingerprint density at radius 2 is 1.46 bits per heavy atom. The molecule has 5 atom stereocenters. The quantitative estimate of drug-likeness (QED) is 0.125. The van der Waals surface area contributed by atoms with Gasteiger partial charge in [0.2, 0.25) is 17.7 Å². The normalized spacial score (nSPS) is 14.6. The lowest BCUT2D eigenvalue weighted by molar-refractivity contribution is -0.143. The summed E-state index contributed by atoms with van der Waals surface area (Å²) in [6, 6.07) is 9.56. The number of aliphatic hydroxyl groups excluding tert-OH is 1. The minimum absolute atomic E-state index is 0.000883. The summed E-state index contributed by atoms with van der Waals surface area (Å²) in [5, 5.41) is 36.8. The van der Waals surface area contributed by atoms with Gasteiger partial charge in [-0.1, -0.05) is 42.5 Å². The van der Waals surface area contributed by atoms with Crippen molar-refractivity contribution in [3.8, 4) is 5.75 Å². The highest BCUT2D eigenvalue weighted by Gasteiger charge is 2.33. The Balaban J connectivity index is 1.73. The first kappa shape index (κ1) is 30.8. The number of hydrogen-bond acceptors (Lipinski definition) is 8. The lowest BCUT2D eigenvalue weighted by Gasteiger charge is -2.26. The second-order valence-corrected chi connectivity index (χ2v) is 9.64. The third-order valence-electron chi connectivity index (χ3n) is 6.30. The Hall–Kier alpha value is -4.75. The lowest BCUT2D eigenvalue weighted by atomic mass is 10.0. The van der Waals surface area contributed by atoms with E-state index < -0.39 is 54.0 Å². The van der Waals surface area contributed by atoms with Crippen LogP contribution in [0.3, 0.4) is 0 Å². The number of carbonyl (C=O) groups excluding carboxylic acids is 3. The molecule has 0 spiro atoms. The molecule has 0 fully saturated rings.